The molecule has 0 fully saturated rings. The third kappa shape index (κ3) is 3.28. The molecule has 0 radical (unpaired) electrons. The molecule has 0 aliphatic rings. The fourth-order valence-electron chi connectivity index (χ4n) is 1.72. The first-order valence-corrected chi connectivity index (χ1v) is 6.72. The molecule has 0 spiro atoms. The molecule has 1 aromatic heterocycles. The molecule has 0 unspecified atom stereocenters. The van der Waals surface area contributed by atoms with Crippen LogP contribution in [0.2, 0.25) is 0 Å². The molecule has 2 aromatic rings. The highest BCUT2D eigenvalue weighted by atomic mass is 32.1. The Morgan fingerprint density at radius 1 is 1.39 bits per heavy atom. The normalized spacial score (nSPS) is 10.6. The van der Waals surface area contributed by atoms with Crippen LogP contribution in [0.5, 0.6) is 0 Å². The summed E-state index contributed by atoms with van der Waals surface area (Å²) in [6.45, 7) is 7.33. The van der Waals surface area contributed by atoms with Gasteiger partial charge in [-0.3, -0.25) is 0 Å². The lowest BCUT2D eigenvalue weighted by atomic mass is 10.1. The molecular formula is C15H16FNS. The summed E-state index contributed by atoms with van der Waals surface area (Å²) in [5.74, 6) is -0.166. The van der Waals surface area contributed by atoms with Gasteiger partial charge in [0.15, 0.2) is 0 Å². The fourth-order valence-corrected chi connectivity index (χ4v) is 2.47. The Labute approximate surface area is 111 Å². The monoisotopic (exact) mass is 261 g/mol. The Morgan fingerprint density at radius 3 is 2.89 bits per heavy atom. The molecule has 94 valence electrons. The van der Waals surface area contributed by atoms with E-state index in [1.165, 1.54) is 6.07 Å². The van der Waals surface area contributed by atoms with Gasteiger partial charge in [0.05, 0.1) is 0 Å². The number of benzene rings is 1. The molecule has 0 aliphatic heterocycles. The van der Waals surface area contributed by atoms with Crippen LogP contribution in [0.15, 0.2) is 47.9 Å². The van der Waals surface area contributed by atoms with Gasteiger partial charge in [0.2, 0.25) is 0 Å². The number of nitrogens with one attached hydrogen (secondary N) is 1. The molecule has 0 aliphatic carbocycles. The highest BCUT2D eigenvalue weighted by Gasteiger charge is 2.07. The summed E-state index contributed by atoms with van der Waals surface area (Å²) in [5.41, 5.74) is 2.86. The summed E-state index contributed by atoms with van der Waals surface area (Å²) >= 11 is 1.55. The summed E-state index contributed by atoms with van der Waals surface area (Å²) in [7, 11) is 0. The zero-order chi connectivity index (χ0) is 13.0. The van der Waals surface area contributed by atoms with Crippen molar-refractivity contribution in [3.63, 3.8) is 0 Å². The van der Waals surface area contributed by atoms with E-state index in [1.807, 2.05) is 36.6 Å². The standard InChI is InChI=1S/C15H16FNS/c1-11(2)9-17-10-12-5-6-14(16)13(8-12)15-4-3-7-18-15/h3-8,17H,1,9-10H2,2H3. The van der Waals surface area contributed by atoms with E-state index < -0.39 is 0 Å². The number of hydrogen-bond acceptors (Lipinski definition) is 2. The molecule has 0 amide bonds. The van der Waals surface area contributed by atoms with Crippen molar-refractivity contribution in [3.05, 3.63) is 59.2 Å². The van der Waals surface area contributed by atoms with Crippen LogP contribution in [0.1, 0.15) is 12.5 Å². The lowest BCUT2D eigenvalue weighted by Crippen LogP contribution is -2.15. The van der Waals surface area contributed by atoms with Crippen molar-refractivity contribution < 1.29 is 4.39 Å². The summed E-state index contributed by atoms with van der Waals surface area (Å²) in [4.78, 5) is 0.967. The van der Waals surface area contributed by atoms with Crippen molar-refractivity contribution in [1.82, 2.24) is 5.32 Å². The quantitative estimate of drug-likeness (QED) is 0.795. The predicted octanol–water partition coefficient (Wildman–Crippen LogP) is 4.22. The highest BCUT2D eigenvalue weighted by Crippen LogP contribution is 2.28. The maximum Gasteiger partial charge on any atom is 0.131 e. The van der Waals surface area contributed by atoms with E-state index in [-0.39, 0.29) is 5.82 Å². The third-order valence-electron chi connectivity index (χ3n) is 2.57. The van der Waals surface area contributed by atoms with Gasteiger partial charge in [-0.2, -0.15) is 0 Å². The smallest absolute Gasteiger partial charge is 0.131 e. The van der Waals surface area contributed by atoms with E-state index in [0.717, 1.165) is 29.1 Å². The Hall–Kier alpha value is -1.45. The van der Waals surface area contributed by atoms with E-state index in [2.05, 4.69) is 11.9 Å². The maximum absolute atomic E-state index is 13.8. The van der Waals surface area contributed by atoms with Crippen molar-refractivity contribution in [2.45, 2.75) is 13.5 Å². The molecule has 0 saturated heterocycles. The Morgan fingerprint density at radius 2 is 2.22 bits per heavy atom. The zero-order valence-electron chi connectivity index (χ0n) is 10.4. The molecule has 18 heavy (non-hydrogen) atoms. The van der Waals surface area contributed by atoms with E-state index in [1.54, 1.807) is 11.3 Å². The van der Waals surface area contributed by atoms with Gasteiger partial charge in [-0.1, -0.05) is 24.3 Å². The first-order valence-electron chi connectivity index (χ1n) is 5.84. The van der Waals surface area contributed by atoms with Crippen molar-refractivity contribution in [1.29, 1.82) is 0 Å². The lowest BCUT2D eigenvalue weighted by molar-refractivity contribution is 0.630. The molecule has 0 saturated carbocycles. The first-order chi connectivity index (χ1) is 8.66. The minimum absolute atomic E-state index is 0.166. The van der Waals surface area contributed by atoms with Crippen LogP contribution in [0.3, 0.4) is 0 Å². The molecule has 3 heteroatoms. The second-order valence-corrected chi connectivity index (χ2v) is 5.30. The molecule has 1 aromatic carbocycles. The van der Waals surface area contributed by atoms with E-state index >= 15 is 0 Å². The maximum atomic E-state index is 13.8. The molecule has 0 atom stereocenters. The molecule has 0 bridgehead atoms. The van der Waals surface area contributed by atoms with E-state index in [0.29, 0.717) is 5.56 Å². The van der Waals surface area contributed by atoms with Gasteiger partial charge >= 0.3 is 0 Å². The van der Waals surface area contributed by atoms with E-state index in [4.69, 9.17) is 0 Å². The summed E-state index contributed by atoms with van der Waals surface area (Å²) in [6, 6.07) is 9.14. The van der Waals surface area contributed by atoms with Crippen LogP contribution in [0.4, 0.5) is 4.39 Å². The molecule has 1 N–H and O–H groups in total. The predicted molar refractivity (Wildman–Crippen MR) is 76.2 cm³/mol. The Balaban J connectivity index is 2.14. The minimum Gasteiger partial charge on any atom is -0.309 e. The SMILES string of the molecule is C=C(C)CNCc1ccc(F)c(-c2cccs2)c1. The largest absolute Gasteiger partial charge is 0.309 e. The van der Waals surface area contributed by atoms with Crippen LogP contribution < -0.4 is 5.32 Å². The van der Waals surface area contributed by atoms with E-state index in [9.17, 15) is 4.39 Å². The Bertz CT molecular complexity index is 531. The summed E-state index contributed by atoms with van der Waals surface area (Å²) < 4.78 is 13.8. The zero-order valence-corrected chi connectivity index (χ0v) is 11.2. The van der Waals surface area contributed by atoms with Gasteiger partial charge in [-0.15, -0.1) is 11.3 Å². The van der Waals surface area contributed by atoms with Crippen molar-refractivity contribution in [2.75, 3.05) is 6.54 Å². The molecular weight excluding hydrogens is 245 g/mol. The number of rotatable bonds is 5. The topological polar surface area (TPSA) is 12.0 Å². The molecule has 1 heterocycles. The highest BCUT2D eigenvalue weighted by molar-refractivity contribution is 7.13. The second kappa shape index (κ2) is 5.94. The third-order valence-corrected chi connectivity index (χ3v) is 3.48. The van der Waals surface area contributed by atoms with Crippen molar-refractivity contribution in [2.24, 2.45) is 0 Å². The fraction of sp³-hybridized carbons (Fsp3) is 0.200. The molecule has 1 nitrogen and oxygen atoms in total. The van der Waals surface area contributed by atoms with Gasteiger partial charge < -0.3 is 5.32 Å². The lowest BCUT2D eigenvalue weighted by Gasteiger charge is -2.07. The molecule has 2 rings (SSSR count). The van der Waals surface area contributed by atoms with Crippen LogP contribution in [-0.4, -0.2) is 6.54 Å². The van der Waals surface area contributed by atoms with Crippen LogP contribution in [0.25, 0.3) is 10.4 Å². The first kappa shape index (κ1) is 13.0. The average Bonchev–Trinajstić information content (AvgIpc) is 2.84. The van der Waals surface area contributed by atoms with Crippen molar-refractivity contribution >= 4 is 11.3 Å². The van der Waals surface area contributed by atoms with Crippen LogP contribution in [0, 0.1) is 5.82 Å². The number of thiophene rings is 1. The van der Waals surface area contributed by atoms with Crippen molar-refractivity contribution in [3.8, 4) is 10.4 Å². The number of hydrogen-bond donors (Lipinski definition) is 1. The average molecular weight is 261 g/mol. The van der Waals surface area contributed by atoms with Gasteiger partial charge in [0.25, 0.3) is 0 Å². The van der Waals surface area contributed by atoms with Crippen LogP contribution in [-0.2, 0) is 6.54 Å². The summed E-state index contributed by atoms with van der Waals surface area (Å²) in [5, 5.41) is 5.23. The Kier molecular flexibility index (Phi) is 4.28. The van der Waals surface area contributed by atoms with Gasteiger partial charge in [0.1, 0.15) is 5.82 Å². The minimum atomic E-state index is -0.166. The second-order valence-electron chi connectivity index (χ2n) is 4.35. The van der Waals surface area contributed by atoms with Gasteiger partial charge in [-0.05, 0) is 36.1 Å². The van der Waals surface area contributed by atoms with Gasteiger partial charge in [0, 0.05) is 23.5 Å². The van der Waals surface area contributed by atoms with Gasteiger partial charge in [-0.25, -0.2) is 4.39 Å². The van der Waals surface area contributed by atoms with Crippen LogP contribution >= 0.6 is 11.3 Å². The number of halogens is 1. The summed E-state index contributed by atoms with van der Waals surface area (Å²) in [6.07, 6.45) is 0.